The number of nitrogens with one attached hydrogen (secondary N) is 1. The van der Waals surface area contributed by atoms with Crippen LogP contribution in [0.15, 0.2) is 59.5 Å². The molecule has 4 amide bonds. The maximum absolute atomic E-state index is 14.0. The van der Waals surface area contributed by atoms with Gasteiger partial charge in [0.1, 0.15) is 0 Å². The highest BCUT2D eigenvalue weighted by atomic mass is 32.2. The molecule has 1 heterocycles. The van der Waals surface area contributed by atoms with E-state index < -0.39 is 5.91 Å². The Morgan fingerprint density at radius 2 is 1.82 bits per heavy atom. The van der Waals surface area contributed by atoms with Gasteiger partial charge in [0, 0.05) is 42.2 Å². The van der Waals surface area contributed by atoms with Crippen LogP contribution >= 0.6 is 11.8 Å². The van der Waals surface area contributed by atoms with Crippen LogP contribution in [0.25, 0.3) is 0 Å². The topological polar surface area (TPSA) is 116 Å². The van der Waals surface area contributed by atoms with Crippen LogP contribution in [-0.2, 0) is 20.8 Å². The molecule has 0 radical (unpaired) electrons. The number of allylic oxidation sites excluding steroid dienone is 1. The summed E-state index contributed by atoms with van der Waals surface area (Å²) in [5, 5.41) is 2.88. The quantitative estimate of drug-likeness (QED) is 0.148. The van der Waals surface area contributed by atoms with Crippen molar-refractivity contribution in [2.24, 2.45) is 5.73 Å². The number of primary amides is 1. The second kappa shape index (κ2) is 17.6. The molecule has 3 rings (SSSR count). The molecule has 2 aromatic rings. The predicted octanol–water partition coefficient (Wildman–Crippen LogP) is 4.88. The second-order valence-corrected chi connectivity index (χ2v) is 12.3. The average molecular weight is 622 g/mol. The van der Waals surface area contributed by atoms with E-state index in [1.165, 1.54) is 17.7 Å². The normalized spacial score (nSPS) is 14.6. The monoisotopic (exact) mass is 621 g/mol. The number of fused-ring (bicyclic) bond motifs is 1. The van der Waals surface area contributed by atoms with Crippen molar-refractivity contribution in [3.8, 4) is 0 Å². The number of carbonyl (C=O) groups excluding carboxylic acids is 4. The molecule has 0 bridgehead atoms. The maximum atomic E-state index is 14.0. The third-order valence-corrected chi connectivity index (χ3v) is 8.48. The Balaban J connectivity index is 1.80. The Hall–Kier alpha value is -3.63. The molecular weight excluding hydrogens is 574 g/mol. The van der Waals surface area contributed by atoms with Gasteiger partial charge in [-0.15, -0.1) is 11.8 Å². The number of hydrogen-bond donors (Lipinski definition) is 2. The molecule has 1 aliphatic rings. The van der Waals surface area contributed by atoms with Crippen molar-refractivity contribution in [3.05, 3.63) is 71.3 Å². The van der Waals surface area contributed by atoms with Crippen LogP contribution < -0.4 is 11.1 Å². The van der Waals surface area contributed by atoms with Crippen LogP contribution in [0.1, 0.15) is 73.0 Å². The number of nitrogens with zero attached hydrogens (tertiary/aromatic N) is 3. The molecule has 1 unspecified atom stereocenters. The van der Waals surface area contributed by atoms with Gasteiger partial charge in [0.05, 0.1) is 12.6 Å². The van der Waals surface area contributed by atoms with E-state index in [9.17, 15) is 19.2 Å². The highest BCUT2D eigenvalue weighted by Gasteiger charge is 2.34. The summed E-state index contributed by atoms with van der Waals surface area (Å²) in [7, 11) is 3.79. The molecule has 0 aliphatic carbocycles. The maximum Gasteiger partial charge on any atom is 0.254 e. The highest BCUT2D eigenvalue weighted by Crippen LogP contribution is 2.35. The van der Waals surface area contributed by atoms with E-state index >= 15 is 0 Å². The summed E-state index contributed by atoms with van der Waals surface area (Å²) in [6, 6.07) is 13.3. The van der Waals surface area contributed by atoms with E-state index in [2.05, 4.69) is 12.2 Å². The molecule has 44 heavy (non-hydrogen) atoms. The fourth-order valence-electron chi connectivity index (χ4n) is 5.27. The molecule has 3 N–H and O–H groups in total. The first-order chi connectivity index (χ1) is 21.1. The molecule has 9 nitrogen and oxygen atoms in total. The zero-order valence-corrected chi connectivity index (χ0v) is 27.3. The standard InChI is InChI=1S/C34H47N5O4S/c1-5-6-7-8-9-10-11-32(41)36-27-15-12-26-22-30(25-13-16-28(44-4)17-14-25)39(34(43)29(26)23-27)19-18-33(42)38(24-31(35)40)21-20-37(2)3/h10-17,23,30H,5-9,18-22,24H2,1-4H3,(H2,35,40)(H,36,41). The number of benzene rings is 2. The lowest BCUT2D eigenvalue weighted by molar-refractivity contribution is -0.135. The molecule has 238 valence electrons. The molecule has 0 aromatic heterocycles. The summed E-state index contributed by atoms with van der Waals surface area (Å²) in [4.78, 5) is 57.7. The summed E-state index contributed by atoms with van der Waals surface area (Å²) in [6.07, 6.45) is 11.5. The van der Waals surface area contributed by atoms with Crippen molar-refractivity contribution in [3.63, 3.8) is 0 Å². The van der Waals surface area contributed by atoms with Crippen molar-refractivity contribution >= 4 is 41.1 Å². The summed E-state index contributed by atoms with van der Waals surface area (Å²) >= 11 is 1.65. The van der Waals surface area contributed by atoms with Gasteiger partial charge < -0.3 is 25.8 Å². The summed E-state index contributed by atoms with van der Waals surface area (Å²) in [5.74, 6) is -1.24. The van der Waals surface area contributed by atoms with Gasteiger partial charge in [-0.2, -0.15) is 0 Å². The number of carbonyl (C=O) groups is 4. The third-order valence-electron chi connectivity index (χ3n) is 7.74. The minimum atomic E-state index is -0.576. The Morgan fingerprint density at radius 1 is 1.07 bits per heavy atom. The van der Waals surface area contributed by atoms with Crippen LogP contribution in [0.3, 0.4) is 0 Å². The Bertz CT molecular complexity index is 1310. The van der Waals surface area contributed by atoms with Gasteiger partial charge >= 0.3 is 0 Å². The Kier molecular flexibility index (Phi) is 14.0. The smallest absolute Gasteiger partial charge is 0.254 e. The van der Waals surface area contributed by atoms with Crippen LogP contribution in [0.4, 0.5) is 5.69 Å². The number of hydrogen-bond acceptors (Lipinski definition) is 6. The summed E-state index contributed by atoms with van der Waals surface area (Å²) < 4.78 is 0. The number of rotatable bonds is 17. The van der Waals surface area contributed by atoms with Crippen LogP contribution in [0, 0.1) is 0 Å². The second-order valence-electron chi connectivity index (χ2n) is 11.4. The van der Waals surface area contributed by atoms with E-state index in [0.29, 0.717) is 30.8 Å². The van der Waals surface area contributed by atoms with Gasteiger partial charge in [-0.3, -0.25) is 19.2 Å². The summed E-state index contributed by atoms with van der Waals surface area (Å²) in [6.45, 7) is 3.13. The first-order valence-corrected chi connectivity index (χ1v) is 16.6. The van der Waals surface area contributed by atoms with Gasteiger partial charge in [0.25, 0.3) is 5.91 Å². The van der Waals surface area contributed by atoms with Crippen molar-refractivity contribution in [1.29, 1.82) is 0 Å². The zero-order chi connectivity index (χ0) is 32.1. The van der Waals surface area contributed by atoms with Crippen LogP contribution in [0.2, 0.25) is 0 Å². The number of unbranched alkanes of at least 4 members (excludes halogenated alkanes) is 4. The van der Waals surface area contributed by atoms with E-state index in [0.717, 1.165) is 35.3 Å². The molecule has 10 heteroatoms. The van der Waals surface area contributed by atoms with E-state index in [1.807, 2.05) is 67.7 Å². The first kappa shape index (κ1) is 34.9. The van der Waals surface area contributed by atoms with Gasteiger partial charge in [-0.1, -0.05) is 50.5 Å². The Labute approximate surface area is 266 Å². The van der Waals surface area contributed by atoms with E-state index in [-0.39, 0.29) is 43.3 Å². The lowest BCUT2D eigenvalue weighted by Gasteiger charge is -2.37. The van der Waals surface area contributed by atoms with Gasteiger partial charge in [0.2, 0.25) is 17.7 Å². The van der Waals surface area contributed by atoms with E-state index in [1.54, 1.807) is 28.8 Å². The lowest BCUT2D eigenvalue weighted by atomic mass is 9.89. The molecule has 0 saturated carbocycles. The average Bonchev–Trinajstić information content (AvgIpc) is 3.00. The third kappa shape index (κ3) is 10.5. The first-order valence-electron chi connectivity index (χ1n) is 15.4. The van der Waals surface area contributed by atoms with Crippen molar-refractivity contribution in [2.75, 3.05) is 51.8 Å². The van der Waals surface area contributed by atoms with Gasteiger partial charge in [0.15, 0.2) is 0 Å². The molecule has 1 aliphatic heterocycles. The number of amides is 4. The Morgan fingerprint density at radius 3 is 2.48 bits per heavy atom. The van der Waals surface area contributed by atoms with Crippen molar-refractivity contribution < 1.29 is 19.2 Å². The predicted molar refractivity (Wildman–Crippen MR) is 178 cm³/mol. The molecule has 0 saturated heterocycles. The molecule has 1 atom stereocenters. The number of anilines is 1. The van der Waals surface area contributed by atoms with Crippen molar-refractivity contribution in [1.82, 2.24) is 14.7 Å². The molecular formula is C34H47N5O4S. The minimum absolute atomic E-state index is 0.0562. The number of thioether (sulfide) groups is 1. The molecule has 0 spiro atoms. The van der Waals surface area contributed by atoms with Gasteiger partial charge in [-0.05, 0) is 81.1 Å². The number of nitrogens with two attached hydrogens (primary N) is 1. The van der Waals surface area contributed by atoms with Gasteiger partial charge in [-0.25, -0.2) is 0 Å². The largest absolute Gasteiger partial charge is 0.368 e. The molecule has 2 aromatic carbocycles. The minimum Gasteiger partial charge on any atom is -0.368 e. The molecule has 0 fully saturated rings. The lowest BCUT2D eigenvalue weighted by Crippen LogP contribution is -2.45. The van der Waals surface area contributed by atoms with E-state index in [4.69, 9.17) is 5.73 Å². The van der Waals surface area contributed by atoms with Crippen LogP contribution in [-0.4, -0.2) is 84.9 Å². The summed E-state index contributed by atoms with van der Waals surface area (Å²) in [5.41, 5.74) is 8.36. The fraction of sp³-hybridized carbons (Fsp3) is 0.471. The zero-order valence-electron chi connectivity index (χ0n) is 26.5. The SMILES string of the molecule is CCCCCCC=CC(=O)Nc1ccc2c(c1)C(=O)N(CCC(=O)N(CCN(C)C)CC(N)=O)C(c1ccc(SC)cc1)C2. The number of likely N-dealkylation sites (N-methyl/N-ethyl adjacent to an activating group) is 1. The van der Waals surface area contributed by atoms with Crippen molar-refractivity contribution in [2.45, 2.75) is 62.8 Å². The fourth-order valence-corrected chi connectivity index (χ4v) is 5.67. The van der Waals surface area contributed by atoms with Crippen LogP contribution in [0.5, 0.6) is 0 Å². The highest BCUT2D eigenvalue weighted by molar-refractivity contribution is 7.98.